The fourth-order valence-corrected chi connectivity index (χ4v) is 2.68. The van der Waals surface area contributed by atoms with E-state index in [1.807, 2.05) is 12.1 Å². The molecule has 114 valence electrons. The van der Waals surface area contributed by atoms with Gasteiger partial charge in [0.1, 0.15) is 0 Å². The predicted molar refractivity (Wildman–Crippen MR) is 90.8 cm³/mol. The van der Waals surface area contributed by atoms with E-state index in [2.05, 4.69) is 57.9 Å². The zero-order valence-electron chi connectivity index (χ0n) is 13.8. The molecule has 1 aromatic rings. The molecular weight excluding hydrogens is 268 g/mol. The third-order valence-electron chi connectivity index (χ3n) is 3.76. The molecule has 0 aliphatic heterocycles. The topological polar surface area (TPSA) is 15.3 Å². The summed E-state index contributed by atoms with van der Waals surface area (Å²) in [6, 6.07) is 6.74. The fourth-order valence-electron chi connectivity index (χ4n) is 2.44. The van der Waals surface area contributed by atoms with Gasteiger partial charge < -0.3 is 10.2 Å². The maximum absolute atomic E-state index is 6.43. The van der Waals surface area contributed by atoms with E-state index in [9.17, 15) is 0 Å². The highest BCUT2D eigenvalue weighted by atomic mass is 35.5. The Kier molecular flexibility index (Phi) is 6.35. The van der Waals surface area contributed by atoms with E-state index >= 15 is 0 Å². The zero-order chi connectivity index (χ0) is 15.3. The lowest BCUT2D eigenvalue weighted by atomic mass is 10.0. The minimum Gasteiger partial charge on any atom is -0.371 e. The summed E-state index contributed by atoms with van der Waals surface area (Å²) < 4.78 is 0. The van der Waals surface area contributed by atoms with E-state index in [1.54, 1.807) is 0 Å². The number of nitrogens with zero attached hydrogens (tertiary/aromatic N) is 1. The van der Waals surface area contributed by atoms with Gasteiger partial charge in [0.05, 0.1) is 0 Å². The van der Waals surface area contributed by atoms with E-state index in [0.29, 0.717) is 6.04 Å². The molecule has 0 amide bonds. The minimum atomic E-state index is 0.0872. The summed E-state index contributed by atoms with van der Waals surface area (Å²) in [4.78, 5) is 2.37. The van der Waals surface area contributed by atoms with Crippen LogP contribution in [0.15, 0.2) is 18.2 Å². The van der Waals surface area contributed by atoms with Crippen LogP contribution in [-0.4, -0.2) is 18.6 Å². The van der Waals surface area contributed by atoms with Crippen molar-refractivity contribution >= 4 is 17.3 Å². The molecule has 1 rings (SSSR count). The van der Waals surface area contributed by atoms with Crippen LogP contribution in [0.4, 0.5) is 5.69 Å². The molecule has 20 heavy (non-hydrogen) atoms. The van der Waals surface area contributed by atoms with E-state index < -0.39 is 0 Å². The maximum atomic E-state index is 6.43. The van der Waals surface area contributed by atoms with Gasteiger partial charge in [-0.3, -0.25) is 0 Å². The second-order valence-corrected chi connectivity index (χ2v) is 6.83. The Bertz CT molecular complexity index is 419. The Balaban J connectivity index is 3.04. The Morgan fingerprint density at radius 2 is 1.80 bits per heavy atom. The van der Waals surface area contributed by atoms with Gasteiger partial charge in [-0.15, -0.1) is 0 Å². The van der Waals surface area contributed by atoms with Gasteiger partial charge in [-0.1, -0.05) is 31.5 Å². The molecule has 0 unspecified atom stereocenters. The second-order valence-electron chi connectivity index (χ2n) is 6.42. The van der Waals surface area contributed by atoms with Crippen LogP contribution in [0, 0.1) is 0 Å². The molecule has 0 radical (unpaired) electrons. The number of nitrogens with one attached hydrogen (secondary N) is 1. The number of hydrogen-bond donors (Lipinski definition) is 1. The van der Waals surface area contributed by atoms with Crippen LogP contribution in [0.1, 0.15) is 53.0 Å². The van der Waals surface area contributed by atoms with Gasteiger partial charge in [0, 0.05) is 41.4 Å². The zero-order valence-corrected chi connectivity index (χ0v) is 14.5. The average Bonchev–Trinajstić information content (AvgIpc) is 2.37. The van der Waals surface area contributed by atoms with Crippen LogP contribution in [0.3, 0.4) is 0 Å². The molecule has 0 saturated carbocycles. The molecule has 0 heterocycles. The van der Waals surface area contributed by atoms with Crippen LogP contribution in [-0.2, 0) is 6.54 Å². The van der Waals surface area contributed by atoms with Crippen molar-refractivity contribution in [1.29, 1.82) is 0 Å². The summed E-state index contributed by atoms with van der Waals surface area (Å²) in [6.45, 7) is 11.8. The lowest BCUT2D eigenvalue weighted by Crippen LogP contribution is -2.36. The lowest BCUT2D eigenvalue weighted by molar-refractivity contribution is 0.424. The van der Waals surface area contributed by atoms with Gasteiger partial charge in [-0.2, -0.15) is 0 Å². The lowest BCUT2D eigenvalue weighted by Gasteiger charge is -2.31. The van der Waals surface area contributed by atoms with E-state index in [0.717, 1.165) is 24.4 Å². The molecule has 0 bridgehead atoms. The van der Waals surface area contributed by atoms with Crippen LogP contribution >= 0.6 is 11.6 Å². The molecule has 0 spiro atoms. The third-order valence-corrected chi connectivity index (χ3v) is 4.11. The summed E-state index contributed by atoms with van der Waals surface area (Å²) in [6.07, 6.45) is 2.29. The molecule has 0 aromatic heterocycles. The number of benzene rings is 1. The minimum absolute atomic E-state index is 0.0872. The molecule has 0 aliphatic carbocycles. The van der Waals surface area contributed by atoms with Crippen molar-refractivity contribution in [3.05, 3.63) is 28.8 Å². The van der Waals surface area contributed by atoms with Gasteiger partial charge in [-0.25, -0.2) is 0 Å². The Morgan fingerprint density at radius 1 is 1.20 bits per heavy atom. The van der Waals surface area contributed by atoms with Gasteiger partial charge in [-0.05, 0) is 45.7 Å². The molecular formula is C17H29ClN2. The summed E-state index contributed by atoms with van der Waals surface area (Å²) >= 11 is 6.43. The molecule has 0 fully saturated rings. The molecule has 0 aliphatic rings. The van der Waals surface area contributed by atoms with Crippen molar-refractivity contribution in [1.82, 2.24) is 5.32 Å². The summed E-state index contributed by atoms with van der Waals surface area (Å²) in [5.74, 6) is 0. The van der Waals surface area contributed by atoms with Crippen LogP contribution < -0.4 is 10.2 Å². The molecule has 2 nitrogen and oxygen atoms in total. The van der Waals surface area contributed by atoms with Crippen LogP contribution in [0.2, 0.25) is 5.02 Å². The summed E-state index contributed by atoms with van der Waals surface area (Å²) in [5.41, 5.74) is 2.52. The van der Waals surface area contributed by atoms with Gasteiger partial charge >= 0.3 is 0 Å². The predicted octanol–water partition coefficient (Wildman–Crippen LogP) is 4.85. The first kappa shape index (κ1) is 17.3. The first-order chi connectivity index (χ1) is 9.30. The van der Waals surface area contributed by atoms with Crippen molar-refractivity contribution in [3.8, 4) is 0 Å². The van der Waals surface area contributed by atoms with Crippen molar-refractivity contribution < 1.29 is 0 Å². The smallest absolute Gasteiger partial charge is 0.0471 e. The average molecular weight is 297 g/mol. The van der Waals surface area contributed by atoms with Crippen LogP contribution in [0.25, 0.3) is 0 Å². The Morgan fingerprint density at radius 3 is 2.30 bits per heavy atom. The Hall–Kier alpha value is -0.730. The first-order valence-corrected chi connectivity index (χ1v) is 7.93. The normalized spacial score (nSPS) is 12.0. The molecule has 1 aromatic carbocycles. The summed E-state index contributed by atoms with van der Waals surface area (Å²) in [7, 11) is 2.17. The molecule has 0 saturated heterocycles. The monoisotopic (exact) mass is 296 g/mol. The van der Waals surface area contributed by atoms with Crippen molar-refractivity contribution in [2.24, 2.45) is 0 Å². The fraction of sp³-hybridized carbons (Fsp3) is 0.647. The molecule has 0 atom stereocenters. The number of rotatable bonds is 6. The second kappa shape index (κ2) is 7.33. The van der Waals surface area contributed by atoms with Gasteiger partial charge in [0.2, 0.25) is 0 Å². The Labute approximate surface area is 129 Å². The van der Waals surface area contributed by atoms with Crippen molar-refractivity contribution in [2.45, 2.75) is 65.6 Å². The number of hydrogen-bond acceptors (Lipinski definition) is 2. The van der Waals surface area contributed by atoms with E-state index in [4.69, 9.17) is 11.6 Å². The largest absolute Gasteiger partial charge is 0.371 e. The van der Waals surface area contributed by atoms with Gasteiger partial charge in [0.25, 0.3) is 0 Å². The van der Waals surface area contributed by atoms with Crippen molar-refractivity contribution in [2.75, 3.05) is 11.9 Å². The SMILES string of the molecule is CCC(CC)N(C)c1cccc(Cl)c1CNC(C)(C)C. The number of halogens is 1. The first-order valence-electron chi connectivity index (χ1n) is 7.55. The van der Waals surface area contributed by atoms with E-state index in [-0.39, 0.29) is 5.54 Å². The third kappa shape index (κ3) is 4.68. The van der Waals surface area contributed by atoms with Gasteiger partial charge in [0.15, 0.2) is 0 Å². The number of anilines is 1. The quantitative estimate of drug-likeness (QED) is 0.807. The van der Waals surface area contributed by atoms with Crippen LogP contribution in [0.5, 0.6) is 0 Å². The molecule has 3 heteroatoms. The standard InChI is InChI=1S/C17H29ClN2/c1-7-13(8-2)20(6)16-11-9-10-15(18)14(16)12-19-17(3,4)5/h9-11,13,19H,7-8,12H2,1-6H3. The highest BCUT2D eigenvalue weighted by Crippen LogP contribution is 2.29. The summed E-state index contributed by atoms with van der Waals surface area (Å²) in [5, 5.41) is 4.38. The maximum Gasteiger partial charge on any atom is 0.0471 e. The highest BCUT2D eigenvalue weighted by Gasteiger charge is 2.18. The van der Waals surface area contributed by atoms with E-state index in [1.165, 1.54) is 11.3 Å². The molecule has 1 N–H and O–H groups in total. The highest BCUT2D eigenvalue weighted by molar-refractivity contribution is 6.31. The van der Waals surface area contributed by atoms with Crippen molar-refractivity contribution in [3.63, 3.8) is 0 Å².